The summed E-state index contributed by atoms with van der Waals surface area (Å²) in [5, 5.41) is 3.29. The van der Waals surface area contributed by atoms with Crippen molar-refractivity contribution in [3.63, 3.8) is 0 Å². The molecule has 0 saturated heterocycles. The van der Waals surface area contributed by atoms with Gasteiger partial charge in [-0.25, -0.2) is 4.98 Å². The number of rotatable bonds is 7. The van der Waals surface area contributed by atoms with Crippen LogP contribution in [0.5, 0.6) is 0 Å². The zero-order valence-corrected chi connectivity index (χ0v) is 15.7. The maximum absolute atomic E-state index is 12.6. The van der Waals surface area contributed by atoms with Gasteiger partial charge in [0.15, 0.2) is 5.92 Å². The Kier molecular flexibility index (Phi) is 6.64. The minimum atomic E-state index is -1.43. The van der Waals surface area contributed by atoms with E-state index in [9.17, 15) is 19.2 Å². The molecular weight excluding hydrogens is 366 g/mol. The molecule has 0 unspecified atom stereocenters. The first kappa shape index (κ1) is 20.8. The summed E-state index contributed by atoms with van der Waals surface area (Å²) >= 11 is 0. The van der Waals surface area contributed by atoms with Crippen LogP contribution in [-0.2, 0) is 23.9 Å². The Balaban J connectivity index is 2.29. The van der Waals surface area contributed by atoms with Crippen LogP contribution in [0.15, 0.2) is 36.4 Å². The minimum Gasteiger partial charge on any atom is -0.468 e. The van der Waals surface area contributed by atoms with Crippen LogP contribution in [0, 0.1) is 11.8 Å². The second-order valence-electron chi connectivity index (χ2n) is 6.13. The van der Waals surface area contributed by atoms with E-state index in [-0.39, 0.29) is 5.69 Å². The smallest absolute Gasteiger partial charge is 0.320 e. The quantitative estimate of drug-likeness (QED) is 0.518. The number of ether oxygens (including phenoxy) is 2. The van der Waals surface area contributed by atoms with Crippen molar-refractivity contribution < 1.29 is 28.7 Å². The molecule has 0 fully saturated rings. The van der Waals surface area contributed by atoms with Crippen molar-refractivity contribution in [2.45, 2.75) is 13.0 Å². The number of nitrogens with zero attached hydrogens (tertiary/aromatic N) is 1. The lowest BCUT2D eigenvalue weighted by atomic mass is 9.86. The SMILES string of the molecule is COC(=O)C(C(=O)OC)[C@@H](C)[C@@H](NC(=O)c1ccc2ccccc2n1)C(N)=O. The number of hydrogen-bond donors (Lipinski definition) is 2. The van der Waals surface area contributed by atoms with E-state index < -0.39 is 41.6 Å². The zero-order valence-electron chi connectivity index (χ0n) is 15.7. The van der Waals surface area contributed by atoms with Crippen molar-refractivity contribution in [2.24, 2.45) is 17.6 Å². The predicted octanol–water partition coefficient (Wildman–Crippen LogP) is 0.417. The van der Waals surface area contributed by atoms with Gasteiger partial charge in [0.1, 0.15) is 11.7 Å². The van der Waals surface area contributed by atoms with E-state index >= 15 is 0 Å². The highest BCUT2D eigenvalue weighted by Crippen LogP contribution is 2.20. The maximum Gasteiger partial charge on any atom is 0.320 e. The molecule has 148 valence electrons. The number of benzene rings is 1. The molecule has 28 heavy (non-hydrogen) atoms. The molecule has 1 aromatic carbocycles. The van der Waals surface area contributed by atoms with Crippen LogP contribution in [0.3, 0.4) is 0 Å². The van der Waals surface area contributed by atoms with Crippen molar-refractivity contribution in [1.29, 1.82) is 0 Å². The Labute approximate surface area is 161 Å². The summed E-state index contributed by atoms with van der Waals surface area (Å²) in [6.45, 7) is 1.42. The summed E-state index contributed by atoms with van der Waals surface area (Å²) in [7, 11) is 2.20. The molecule has 0 aliphatic heterocycles. The second kappa shape index (κ2) is 8.94. The third-order valence-corrected chi connectivity index (χ3v) is 4.39. The number of methoxy groups -OCH3 is 2. The molecule has 0 bridgehead atoms. The molecule has 2 rings (SSSR count). The standard InChI is InChI=1S/C19H21N3O6/c1-10(14(18(25)27-2)19(26)28-3)15(16(20)23)22-17(24)13-9-8-11-6-4-5-7-12(11)21-13/h4-10,14-15H,1-3H3,(H2,20,23)(H,22,24)/t10-,15-/m1/s1. The lowest BCUT2D eigenvalue weighted by Gasteiger charge is -2.26. The molecule has 9 heteroatoms. The molecule has 0 radical (unpaired) electrons. The Morgan fingerprint density at radius 3 is 2.18 bits per heavy atom. The van der Waals surface area contributed by atoms with Crippen LogP contribution in [0.2, 0.25) is 0 Å². The van der Waals surface area contributed by atoms with Crippen molar-refractivity contribution >= 4 is 34.7 Å². The molecule has 2 amide bonds. The van der Waals surface area contributed by atoms with Crippen molar-refractivity contribution in [3.05, 3.63) is 42.1 Å². The summed E-state index contributed by atoms with van der Waals surface area (Å²) in [6.07, 6.45) is 0. The highest BCUT2D eigenvalue weighted by Gasteiger charge is 2.41. The number of para-hydroxylation sites is 1. The van der Waals surface area contributed by atoms with Gasteiger partial charge in [0.2, 0.25) is 5.91 Å². The van der Waals surface area contributed by atoms with Crippen LogP contribution in [-0.4, -0.2) is 49.0 Å². The molecule has 0 saturated carbocycles. The van der Waals surface area contributed by atoms with E-state index in [1.165, 1.54) is 13.0 Å². The number of carbonyl (C=O) groups excluding carboxylic acids is 4. The Hall–Kier alpha value is -3.49. The largest absolute Gasteiger partial charge is 0.468 e. The number of nitrogens with one attached hydrogen (secondary N) is 1. The summed E-state index contributed by atoms with van der Waals surface area (Å²) < 4.78 is 9.21. The van der Waals surface area contributed by atoms with Crippen LogP contribution in [0.1, 0.15) is 17.4 Å². The molecule has 0 aliphatic rings. The normalized spacial score (nSPS) is 12.9. The minimum absolute atomic E-state index is 0.0600. The molecule has 2 atom stereocenters. The van der Waals surface area contributed by atoms with Gasteiger partial charge in [0, 0.05) is 11.3 Å². The second-order valence-corrected chi connectivity index (χ2v) is 6.13. The van der Waals surface area contributed by atoms with Gasteiger partial charge >= 0.3 is 11.9 Å². The highest BCUT2D eigenvalue weighted by atomic mass is 16.5. The number of fused-ring (bicyclic) bond motifs is 1. The lowest BCUT2D eigenvalue weighted by molar-refractivity contribution is -0.161. The Morgan fingerprint density at radius 1 is 1.00 bits per heavy atom. The molecule has 3 N–H and O–H groups in total. The van der Waals surface area contributed by atoms with Gasteiger partial charge < -0.3 is 20.5 Å². The number of carbonyl (C=O) groups is 4. The van der Waals surface area contributed by atoms with Crippen molar-refractivity contribution in [3.8, 4) is 0 Å². The van der Waals surface area contributed by atoms with Gasteiger partial charge in [-0.15, -0.1) is 0 Å². The molecule has 1 heterocycles. The van der Waals surface area contributed by atoms with Crippen LogP contribution in [0.4, 0.5) is 0 Å². The summed E-state index contributed by atoms with van der Waals surface area (Å²) in [5.74, 6) is -5.83. The molecule has 9 nitrogen and oxygen atoms in total. The van der Waals surface area contributed by atoms with E-state index in [1.54, 1.807) is 18.2 Å². The van der Waals surface area contributed by atoms with E-state index in [0.29, 0.717) is 5.52 Å². The Morgan fingerprint density at radius 2 is 1.61 bits per heavy atom. The van der Waals surface area contributed by atoms with Crippen LogP contribution < -0.4 is 11.1 Å². The molecule has 2 aromatic rings. The molecule has 1 aromatic heterocycles. The summed E-state index contributed by atoms with van der Waals surface area (Å²) in [5.41, 5.74) is 6.06. The van der Waals surface area contributed by atoms with Gasteiger partial charge in [0.05, 0.1) is 19.7 Å². The maximum atomic E-state index is 12.6. The van der Waals surface area contributed by atoms with Crippen LogP contribution >= 0.6 is 0 Å². The third-order valence-electron chi connectivity index (χ3n) is 4.39. The topological polar surface area (TPSA) is 138 Å². The van der Waals surface area contributed by atoms with E-state index in [1.807, 2.05) is 12.1 Å². The fraction of sp³-hybridized carbons (Fsp3) is 0.316. The van der Waals surface area contributed by atoms with Crippen LogP contribution in [0.25, 0.3) is 10.9 Å². The monoisotopic (exact) mass is 387 g/mol. The Bertz CT molecular complexity index is 897. The van der Waals surface area contributed by atoms with Crippen molar-refractivity contribution in [2.75, 3.05) is 14.2 Å². The number of hydrogen-bond acceptors (Lipinski definition) is 7. The van der Waals surface area contributed by atoms with Gasteiger partial charge in [-0.3, -0.25) is 19.2 Å². The average Bonchev–Trinajstić information content (AvgIpc) is 2.70. The predicted molar refractivity (Wildman–Crippen MR) is 98.9 cm³/mol. The van der Waals surface area contributed by atoms with Gasteiger partial charge in [0.25, 0.3) is 5.91 Å². The lowest BCUT2D eigenvalue weighted by Crippen LogP contribution is -2.53. The number of pyridine rings is 1. The number of primary amides is 1. The molecule has 0 aliphatic carbocycles. The third kappa shape index (κ3) is 4.43. The van der Waals surface area contributed by atoms with Gasteiger partial charge in [-0.05, 0) is 12.1 Å². The van der Waals surface area contributed by atoms with Gasteiger partial charge in [-0.1, -0.05) is 31.2 Å². The first-order chi connectivity index (χ1) is 13.3. The fourth-order valence-corrected chi connectivity index (χ4v) is 2.84. The first-order valence-corrected chi connectivity index (χ1v) is 8.41. The first-order valence-electron chi connectivity index (χ1n) is 8.41. The number of amides is 2. The molecule has 0 spiro atoms. The highest BCUT2D eigenvalue weighted by molar-refractivity contribution is 5.99. The van der Waals surface area contributed by atoms with E-state index in [2.05, 4.69) is 19.8 Å². The number of nitrogens with two attached hydrogens (primary N) is 1. The average molecular weight is 387 g/mol. The summed E-state index contributed by atoms with van der Waals surface area (Å²) in [4.78, 5) is 52.7. The summed E-state index contributed by atoms with van der Waals surface area (Å²) in [6, 6.07) is 9.09. The fourth-order valence-electron chi connectivity index (χ4n) is 2.84. The number of esters is 2. The van der Waals surface area contributed by atoms with E-state index in [0.717, 1.165) is 19.6 Å². The molecular formula is C19H21N3O6. The number of aromatic nitrogens is 1. The van der Waals surface area contributed by atoms with Crippen molar-refractivity contribution in [1.82, 2.24) is 10.3 Å². The zero-order chi connectivity index (χ0) is 20.8. The van der Waals surface area contributed by atoms with E-state index in [4.69, 9.17) is 5.73 Å². The van der Waals surface area contributed by atoms with Gasteiger partial charge in [-0.2, -0.15) is 0 Å².